The van der Waals surface area contributed by atoms with Crippen molar-refractivity contribution in [3.63, 3.8) is 0 Å². The molecule has 0 unspecified atom stereocenters. The van der Waals surface area contributed by atoms with Gasteiger partial charge in [0.05, 0.1) is 12.8 Å². The Labute approximate surface area is 142 Å². The maximum absolute atomic E-state index is 5.21. The summed E-state index contributed by atoms with van der Waals surface area (Å²) in [6, 6.07) is 17.3. The molecule has 0 bridgehead atoms. The largest absolute Gasteiger partial charge is 0.497 e. The van der Waals surface area contributed by atoms with Crippen LogP contribution >= 0.6 is 15.9 Å². The number of aromatic nitrogens is 2. The average molecular weight is 371 g/mol. The quantitative estimate of drug-likeness (QED) is 0.679. The monoisotopic (exact) mass is 370 g/mol. The molecule has 0 saturated heterocycles. The van der Waals surface area contributed by atoms with Crippen molar-refractivity contribution in [2.45, 2.75) is 0 Å². The second-order valence-corrected chi connectivity index (χ2v) is 5.58. The Morgan fingerprint density at radius 1 is 1.00 bits per heavy atom. The molecule has 0 amide bonds. The van der Waals surface area contributed by atoms with Gasteiger partial charge in [-0.3, -0.25) is 0 Å². The SMILES string of the molecule is COc1cccc(Nc2nccc(Nc3ccccc3Br)n2)c1. The summed E-state index contributed by atoms with van der Waals surface area (Å²) in [5, 5.41) is 6.42. The van der Waals surface area contributed by atoms with E-state index in [1.807, 2.05) is 54.6 Å². The summed E-state index contributed by atoms with van der Waals surface area (Å²) in [4.78, 5) is 8.70. The standard InChI is InChI=1S/C17H15BrN4O/c1-23-13-6-4-5-12(11-13)20-17-19-10-9-16(22-17)21-15-8-3-2-7-14(15)18/h2-11H,1H3,(H2,19,20,21,22). The zero-order chi connectivity index (χ0) is 16.1. The van der Waals surface area contributed by atoms with E-state index in [1.54, 1.807) is 13.3 Å². The van der Waals surface area contributed by atoms with Crippen LogP contribution in [0.5, 0.6) is 5.75 Å². The Bertz CT molecular complexity index is 810. The van der Waals surface area contributed by atoms with Crippen LogP contribution in [0.25, 0.3) is 0 Å². The van der Waals surface area contributed by atoms with Crippen molar-refractivity contribution >= 4 is 39.1 Å². The molecule has 2 aromatic carbocycles. The van der Waals surface area contributed by atoms with Gasteiger partial charge in [0.25, 0.3) is 0 Å². The van der Waals surface area contributed by atoms with Crippen molar-refractivity contribution in [2.75, 3.05) is 17.7 Å². The van der Waals surface area contributed by atoms with Crippen LogP contribution in [0.1, 0.15) is 0 Å². The van der Waals surface area contributed by atoms with Gasteiger partial charge in [0, 0.05) is 22.4 Å². The van der Waals surface area contributed by atoms with E-state index in [4.69, 9.17) is 4.74 Å². The van der Waals surface area contributed by atoms with Crippen LogP contribution in [0.3, 0.4) is 0 Å². The van der Waals surface area contributed by atoms with Gasteiger partial charge in [0.2, 0.25) is 5.95 Å². The van der Waals surface area contributed by atoms with Crippen LogP contribution < -0.4 is 15.4 Å². The first-order valence-electron chi connectivity index (χ1n) is 7.00. The molecule has 5 nitrogen and oxygen atoms in total. The lowest BCUT2D eigenvalue weighted by Gasteiger charge is -2.10. The maximum atomic E-state index is 5.21. The highest BCUT2D eigenvalue weighted by molar-refractivity contribution is 9.10. The van der Waals surface area contributed by atoms with Gasteiger partial charge >= 0.3 is 0 Å². The van der Waals surface area contributed by atoms with Crippen LogP contribution in [0.4, 0.5) is 23.1 Å². The summed E-state index contributed by atoms with van der Waals surface area (Å²) in [5.74, 6) is 1.99. The van der Waals surface area contributed by atoms with Gasteiger partial charge in [-0.05, 0) is 46.3 Å². The van der Waals surface area contributed by atoms with Crippen LogP contribution in [0.2, 0.25) is 0 Å². The molecule has 116 valence electrons. The van der Waals surface area contributed by atoms with E-state index in [-0.39, 0.29) is 0 Å². The van der Waals surface area contributed by atoms with Crippen molar-refractivity contribution in [1.82, 2.24) is 9.97 Å². The Morgan fingerprint density at radius 2 is 1.87 bits per heavy atom. The lowest BCUT2D eigenvalue weighted by atomic mass is 10.3. The molecule has 0 atom stereocenters. The fourth-order valence-corrected chi connectivity index (χ4v) is 2.40. The van der Waals surface area contributed by atoms with Crippen molar-refractivity contribution in [2.24, 2.45) is 0 Å². The number of halogens is 1. The van der Waals surface area contributed by atoms with Crippen molar-refractivity contribution in [3.05, 3.63) is 65.3 Å². The first-order valence-corrected chi connectivity index (χ1v) is 7.79. The fraction of sp³-hybridized carbons (Fsp3) is 0.0588. The molecule has 0 aliphatic heterocycles. The summed E-state index contributed by atoms with van der Waals surface area (Å²) in [6.45, 7) is 0. The minimum Gasteiger partial charge on any atom is -0.497 e. The predicted octanol–water partition coefficient (Wildman–Crippen LogP) is 4.73. The summed E-state index contributed by atoms with van der Waals surface area (Å²) >= 11 is 3.51. The van der Waals surface area contributed by atoms with Gasteiger partial charge < -0.3 is 15.4 Å². The number of nitrogens with one attached hydrogen (secondary N) is 2. The second kappa shape index (κ2) is 7.11. The summed E-state index contributed by atoms with van der Waals surface area (Å²) in [5.41, 5.74) is 1.81. The molecule has 0 radical (unpaired) electrons. The smallest absolute Gasteiger partial charge is 0.229 e. The van der Waals surface area contributed by atoms with E-state index >= 15 is 0 Å². The number of ether oxygens (including phenoxy) is 1. The van der Waals surface area contributed by atoms with Gasteiger partial charge in [0.15, 0.2) is 0 Å². The summed E-state index contributed by atoms with van der Waals surface area (Å²) < 4.78 is 6.18. The highest BCUT2D eigenvalue weighted by Crippen LogP contribution is 2.25. The molecule has 0 aliphatic carbocycles. The van der Waals surface area contributed by atoms with Crippen LogP contribution in [0.15, 0.2) is 65.3 Å². The molecule has 1 aromatic heterocycles. The average Bonchev–Trinajstić information content (AvgIpc) is 2.57. The number of benzene rings is 2. The Kier molecular flexibility index (Phi) is 4.73. The molecule has 0 aliphatic rings. The lowest BCUT2D eigenvalue weighted by Crippen LogP contribution is -2.00. The number of anilines is 4. The van der Waals surface area contributed by atoms with E-state index in [1.165, 1.54) is 0 Å². The highest BCUT2D eigenvalue weighted by atomic mass is 79.9. The molecule has 23 heavy (non-hydrogen) atoms. The van der Waals surface area contributed by atoms with Gasteiger partial charge in [-0.15, -0.1) is 0 Å². The zero-order valence-electron chi connectivity index (χ0n) is 12.5. The van der Waals surface area contributed by atoms with Gasteiger partial charge in [-0.25, -0.2) is 4.98 Å². The number of methoxy groups -OCH3 is 1. The third kappa shape index (κ3) is 3.98. The number of hydrogen-bond donors (Lipinski definition) is 2. The van der Waals surface area contributed by atoms with E-state index in [0.29, 0.717) is 11.8 Å². The Balaban J connectivity index is 1.78. The molecule has 2 N–H and O–H groups in total. The number of nitrogens with zero attached hydrogens (tertiary/aromatic N) is 2. The molecular weight excluding hydrogens is 356 g/mol. The Morgan fingerprint density at radius 3 is 2.70 bits per heavy atom. The topological polar surface area (TPSA) is 59.1 Å². The normalized spacial score (nSPS) is 10.2. The molecule has 0 fully saturated rings. The predicted molar refractivity (Wildman–Crippen MR) is 95.7 cm³/mol. The molecule has 0 spiro atoms. The fourth-order valence-electron chi connectivity index (χ4n) is 2.02. The lowest BCUT2D eigenvalue weighted by molar-refractivity contribution is 0.415. The molecular formula is C17H15BrN4O. The maximum Gasteiger partial charge on any atom is 0.229 e. The highest BCUT2D eigenvalue weighted by Gasteiger charge is 2.03. The number of rotatable bonds is 5. The number of para-hydroxylation sites is 1. The van der Waals surface area contributed by atoms with Crippen LogP contribution in [0, 0.1) is 0 Å². The van der Waals surface area contributed by atoms with Gasteiger partial charge in [-0.1, -0.05) is 18.2 Å². The van der Waals surface area contributed by atoms with E-state index in [0.717, 1.165) is 21.6 Å². The third-order valence-electron chi connectivity index (χ3n) is 3.12. The van der Waals surface area contributed by atoms with Crippen molar-refractivity contribution in [1.29, 1.82) is 0 Å². The molecule has 1 heterocycles. The summed E-state index contributed by atoms with van der Waals surface area (Å²) in [6.07, 6.45) is 1.70. The van der Waals surface area contributed by atoms with E-state index < -0.39 is 0 Å². The van der Waals surface area contributed by atoms with E-state index in [2.05, 4.69) is 36.5 Å². The van der Waals surface area contributed by atoms with Crippen molar-refractivity contribution in [3.8, 4) is 5.75 Å². The summed E-state index contributed by atoms with van der Waals surface area (Å²) in [7, 11) is 1.64. The minimum absolute atomic E-state index is 0.510. The molecule has 3 rings (SSSR count). The second-order valence-electron chi connectivity index (χ2n) is 4.73. The van der Waals surface area contributed by atoms with Crippen molar-refractivity contribution < 1.29 is 4.74 Å². The minimum atomic E-state index is 0.510. The first-order chi connectivity index (χ1) is 11.2. The molecule has 0 saturated carbocycles. The van der Waals surface area contributed by atoms with Crippen LogP contribution in [-0.2, 0) is 0 Å². The van der Waals surface area contributed by atoms with Gasteiger partial charge in [-0.2, -0.15) is 4.98 Å². The third-order valence-corrected chi connectivity index (χ3v) is 3.81. The number of hydrogen-bond acceptors (Lipinski definition) is 5. The zero-order valence-corrected chi connectivity index (χ0v) is 14.0. The van der Waals surface area contributed by atoms with E-state index in [9.17, 15) is 0 Å². The Hall–Kier alpha value is -2.60. The molecule has 3 aromatic rings. The van der Waals surface area contributed by atoms with Gasteiger partial charge in [0.1, 0.15) is 11.6 Å². The first kappa shape index (κ1) is 15.3. The van der Waals surface area contributed by atoms with Crippen LogP contribution in [-0.4, -0.2) is 17.1 Å². The molecule has 6 heteroatoms.